The van der Waals surface area contributed by atoms with E-state index in [1.165, 1.54) is 6.42 Å². The van der Waals surface area contributed by atoms with E-state index in [0.29, 0.717) is 6.54 Å². The molecule has 1 saturated heterocycles. The van der Waals surface area contributed by atoms with Crippen LogP contribution in [0.1, 0.15) is 31.0 Å². The number of H-pyrrole nitrogens is 1. The van der Waals surface area contributed by atoms with Crippen LogP contribution in [0.25, 0.3) is 0 Å². The Hall–Kier alpha value is -0.910. The number of ether oxygens (including phenoxy) is 1. The monoisotopic (exact) mass is 224 g/mol. The van der Waals surface area contributed by atoms with E-state index in [2.05, 4.69) is 21.8 Å². The molecule has 0 bridgehead atoms. The van der Waals surface area contributed by atoms with Crippen LogP contribution < -0.4 is 5.73 Å². The SMILES string of the molecule is CCCN1CCOC(c2ncc(CN)[nH]2)C1. The van der Waals surface area contributed by atoms with Crippen molar-refractivity contribution in [2.24, 2.45) is 5.73 Å². The highest BCUT2D eigenvalue weighted by Gasteiger charge is 2.23. The molecular weight excluding hydrogens is 204 g/mol. The lowest BCUT2D eigenvalue weighted by molar-refractivity contribution is -0.0338. The molecule has 1 atom stereocenters. The molecule has 0 spiro atoms. The lowest BCUT2D eigenvalue weighted by atomic mass is 10.2. The Labute approximate surface area is 96.0 Å². The zero-order valence-electron chi connectivity index (χ0n) is 9.78. The Morgan fingerprint density at radius 3 is 3.25 bits per heavy atom. The van der Waals surface area contributed by atoms with Gasteiger partial charge in [-0.15, -0.1) is 0 Å². The van der Waals surface area contributed by atoms with Gasteiger partial charge in [0.2, 0.25) is 0 Å². The molecule has 0 amide bonds. The van der Waals surface area contributed by atoms with Crippen LogP contribution in [0.4, 0.5) is 0 Å². The van der Waals surface area contributed by atoms with Crippen LogP contribution in [0, 0.1) is 0 Å². The van der Waals surface area contributed by atoms with E-state index in [9.17, 15) is 0 Å². The molecule has 5 nitrogen and oxygen atoms in total. The Morgan fingerprint density at radius 1 is 1.69 bits per heavy atom. The van der Waals surface area contributed by atoms with Crippen LogP contribution in [0.2, 0.25) is 0 Å². The lowest BCUT2D eigenvalue weighted by Gasteiger charge is -2.31. The van der Waals surface area contributed by atoms with Crippen molar-refractivity contribution in [3.05, 3.63) is 17.7 Å². The zero-order valence-corrected chi connectivity index (χ0v) is 9.78. The maximum absolute atomic E-state index is 5.72. The van der Waals surface area contributed by atoms with E-state index in [1.807, 2.05) is 0 Å². The maximum atomic E-state index is 5.72. The quantitative estimate of drug-likeness (QED) is 0.788. The lowest BCUT2D eigenvalue weighted by Crippen LogP contribution is -2.39. The minimum atomic E-state index is 0.0700. The molecule has 0 radical (unpaired) electrons. The molecule has 0 aliphatic carbocycles. The highest BCUT2D eigenvalue weighted by atomic mass is 16.5. The third-order valence-electron chi connectivity index (χ3n) is 2.86. The third kappa shape index (κ3) is 2.61. The summed E-state index contributed by atoms with van der Waals surface area (Å²) in [5.74, 6) is 0.904. The molecule has 1 aliphatic heterocycles. The van der Waals surface area contributed by atoms with Crippen molar-refractivity contribution in [2.75, 3.05) is 26.2 Å². The molecule has 2 heterocycles. The fourth-order valence-corrected chi connectivity index (χ4v) is 2.03. The molecule has 0 aromatic carbocycles. The second-order valence-electron chi connectivity index (χ2n) is 4.16. The number of aromatic amines is 1. The first-order valence-corrected chi connectivity index (χ1v) is 5.91. The number of aromatic nitrogens is 2. The van der Waals surface area contributed by atoms with Gasteiger partial charge in [0.25, 0.3) is 0 Å². The molecule has 2 rings (SSSR count). The van der Waals surface area contributed by atoms with Crippen LogP contribution in [0.3, 0.4) is 0 Å². The van der Waals surface area contributed by atoms with Crippen LogP contribution in [-0.4, -0.2) is 41.1 Å². The van der Waals surface area contributed by atoms with Crippen LogP contribution in [-0.2, 0) is 11.3 Å². The summed E-state index contributed by atoms with van der Waals surface area (Å²) in [6.07, 6.45) is 3.04. The molecule has 0 saturated carbocycles. The van der Waals surface area contributed by atoms with Gasteiger partial charge in [-0.25, -0.2) is 4.98 Å². The molecule has 1 aromatic rings. The Bertz CT molecular complexity index is 324. The van der Waals surface area contributed by atoms with Gasteiger partial charge in [-0.3, -0.25) is 4.90 Å². The Balaban J connectivity index is 1.98. The van der Waals surface area contributed by atoms with Gasteiger partial charge in [0.15, 0.2) is 0 Å². The summed E-state index contributed by atoms with van der Waals surface area (Å²) in [6, 6.07) is 0. The highest BCUT2D eigenvalue weighted by Crippen LogP contribution is 2.19. The van der Waals surface area contributed by atoms with E-state index in [1.54, 1.807) is 6.20 Å². The summed E-state index contributed by atoms with van der Waals surface area (Å²) in [7, 11) is 0. The number of morpholine rings is 1. The minimum Gasteiger partial charge on any atom is -0.368 e. The summed E-state index contributed by atoms with van der Waals surface area (Å²) in [4.78, 5) is 9.94. The molecular formula is C11H20N4O. The summed E-state index contributed by atoms with van der Waals surface area (Å²) < 4.78 is 5.72. The number of hydrogen-bond donors (Lipinski definition) is 2. The smallest absolute Gasteiger partial charge is 0.136 e. The first-order valence-electron chi connectivity index (χ1n) is 5.91. The highest BCUT2D eigenvalue weighted by molar-refractivity contribution is 5.04. The predicted octanol–water partition coefficient (Wildman–Crippen LogP) is 0.652. The largest absolute Gasteiger partial charge is 0.368 e. The second-order valence-corrected chi connectivity index (χ2v) is 4.16. The summed E-state index contributed by atoms with van der Waals surface area (Å²) in [5.41, 5.74) is 6.51. The van der Waals surface area contributed by atoms with E-state index in [-0.39, 0.29) is 6.10 Å². The fraction of sp³-hybridized carbons (Fsp3) is 0.727. The molecule has 5 heteroatoms. The van der Waals surface area contributed by atoms with Crippen LogP contribution in [0.15, 0.2) is 6.20 Å². The molecule has 90 valence electrons. The van der Waals surface area contributed by atoms with Gasteiger partial charge in [0.05, 0.1) is 6.61 Å². The van der Waals surface area contributed by atoms with Crippen molar-refractivity contribution in [3.8, 4) is 0 Å². The van der Waals surface area contributed by atoms with Gasteiger partial charge >= 0.3 is 0 Å². The minimum absolute atomic E-state index is 0.0700. The summed E-state index contributed by atoms with van der Waals surface area (Å²) >= 11 is 0. The van der Waals surface area contributed by atoms with Crippen molar-refractivity contribution in [3.63, 3.8) is 0 Å². The maximum Gasteiger partial charge on any atom is 0.136 e. The molecule has 16 heavy (non-hydrogen) atoms. The third-order valence-corrected chi connectivity index (χ3v) is 2.86. The number of nitrogens with zero attached hydrogens (tertiary/aromatic N) is 2. The summed E-state index contributed by atoms with van der Waals surface area (Å²) in [5, 5.41) is 0. The standard InChI is InChI=1S/C11H20N4O/c1-2-3-15-4-5-16-10(8-15)11-13-7-9(6-12)14-11/h7,10H,2-6,8,12H2,1H3,(H,13,14). The van der Waals surface area contributed by atoms with Gasteiger partial charge in [0.1, 0.15) is 11.9 Å². The molecule has 3 N–H and O–H groups in total. The van der Waals surface area contributed by atoms with Crippen molar-refractivity contribution >= 4 is 0 Å². The second kappa shape index (κ2) is 5.43. The first-order chi connectivity index (χ1) is 7.83. The van der Waals surface area contributed by atoms with Crippen LogP contribution in [0.5, 0.6) is 0 Å². The Kier molecular flexibility index (Phi) is 3.93. The van der Waals surface area contributed by atoms with Gasteiger partial charge in [-0.1, -0.05) is 6.92 Å². The number of rotatable bonds is 4. The predicted molar refractivity (Wildman–Crippen MR) is 61.9 cm³/mol. The van der Waals surface area contributed by atoms with Gasteiger partial charge in [0, 0.05) is 31.5 Å². The zero-order chi connectivity index (χ0) is 11.4. The van der Waals surface area contributed by atoms with E-state index in [0.717, 1.165) is 37.8 Å². The number of nitrogens with one attached hydrogen (secondary N) is 1. The van der Waals surface area contributed by atoms with Gasteiger partial charge in [-0.05, 0) is 13.0 Å². The van der Waals surface area contributed by atoms with Crippen molar-refractivity contribution < 1.29 is 4.74 Å². The number of imidazole rings is 1. The van der Waals surface area contributed by atoms with Gasteiger partial charge < -0.3 is 15.5 Å². The normalized spacial score (nSPS) is 22.5. The van der Waals surface area contributed by atoms with Crippen LogP contribution >= 0.6 is 0 Å². The topological polar surface area (TPSA) is 67.2 Å². The van der Waals surface area contributed by atoms with E-state index < -0.39 is 0 Å². The average molecular weight is 224 g/mol. The summed E-state index contributed by atoms with van der Waals surface area (Å²) in [6.45, 7) is 6.55. The van der Waals surface area contributed by atoms with Gasteiger partial charge in [-0.2, -0.15) is 0 Å². The molecule has 1 fully saturated rings. The first kappa shape index (κ1) is 11.6. The molecule has 1 unspecified atom stereocenters. The van der Waals surface area contributed by atoms with Crippen molar-refractivity contribution in [1.29, 1.82) is 0 Å². The number of hydrogen-bond acceptors (Lipinski definition) is 4. The number of nitrogens with two attached hydrogens (primary N) is 1. The van der Waals surface area contributed by atoms with E-state index in [4.69, 9.17) is 10.5 Å². The van der Waals surface area contributed by atoms with E-state index >= 15 is 0 Å². The average Bonchev–Trinajstić information content (AvgIpc) is 2.78. The van der Waals surface area contributed by atoms with Crippen molar-refractivity contribution in [2.45, 2.75) is 26.0 Å². The molecule has 1 aromatic heterocycles. The Morgan fingerprint density at radius 2 is 2.56 bits per heavy atom. The van der Waals surface area contributed by atoms with Crippen molar-refractivity contribution in [1.82, 2.24) is 14.9 Å². The fourth-order valence-electron chi connectivity index (χ4n) is 2.03. The molecule has 1 aliphatic rings.